The van der Waals surface area contributed by atoms with Gasteiger partial charge < -0.3 is 5.73 Å². The average molecular weight is 278 g/mol. The molecule has 0 aliphatic carbocycles. The molecule has 1 rings (SSSR count). The summed E-state index contributed by atoms with van der Waals surface area (Å²) in [5.74, 6) is 0.468. The van der Waals surface area contributed by atoms with Crippen LogP contribution in [0.15, 0.2) is 0 Å². The molecule has 0 aromatic carbocycles. The topological polar surface area (TPSA) is 98.0 Å². The summed E-state index contributed by atoms with van der Waals surface area (Å²) >= 11 is 1.26. The molecule has 8 heteroatoms. The van der Waals surface area contributed by atoms with Crippen LogP contribution in [0.2, 0.25) is 0 Å². The quantitative estimate of drug-likeness (QED) is 0.803. The zero-order valence-corrected chi connectivity index (χ0v) is 11.8. The van der Waals surface area contributed by atoms with E-state index in [1.54, 1.807) is 6.92 Å². The number of aromatic nitrogens is 2. The molecule has 98 valence electrons. The highest BCUT2D eigenvalue weighted by Gasteiger charge is 2.20. The molecule has 0 aliphatic rings. The zero-order valence-electron chi connectivity index (χ0n) is 10.2. The highest BCUT2D eigenvalue weighted by Crippen LogP contribution is 2.20. The number of sulfonamides is 1. The number of hydrogen-bond acceptors (Lipinski definition) is 6. The van der Waals surface area contributed by atoms with Crippen LogP contribution in [0.3, 0.4) is 0 Å². The number of nitrogens with zero attached hydrogens (tertiary/aromatic N) is 2. The number of rotatable bonds is 6. The fourth-order valence-electron chi connectivity index (χ4n) is 1.08. The van der Waals surface area contributed by atoms with Crippen LogP contribution in [-0.2, 0) is 16.4 Å². The van der Waals surface area contributed by atoms with Crippen molar-refractivity contribution in [2.45, 2.75) is 32.4 Å². The van der Waals surface area contributed by atoms with Gasteiger partial charge in [-0.3, -0.25) is 4.72 Å². The molecule has 1 atom stereocenters. The van der Waals surface area contributed by atoms with Gasteiger partial charge in [-0.15, -0.1) is 10.2 Å². The van der Waals surface area contributed by atoms with Gasteiger partial charge in [-0.1, -0.05) is 25.2 Å². The molecule has 0 aliphatic heterocycles. The smallest absolute Gasteiger partial charge is 0.238 e. The van der Waals surface area contributed by atoms with Gasteiger partial charge in [-0.25, -0.2) is 8.42 Å². The van der Waals surface area contributed by atoms with Crippen LogP contribution >= 0.6 is 11.3 Å². The van der Waals surface area contributed by atoms with E-state index < -0.39 is 15.3 Å². The third-order valence-electron chi connectivity index (χ3n) is 2.14. The lowest BCUT2D eigenvalue weighted by Gasteiger charge is -2.09. The highest BCUT2D eigenvalue weighted by atomic mass is 32.2. The van der Waals surface area contributed by atoms with Crippen molar-refractivity contribution in [1.29, 1.82) is 0 Å². The summed E-state index contributed by atoms with van der Waals surface area (Å²) in [4.78, 5) is 0. The summed E-state index contributed by atoms with van der Waals surface area (Å²) in [7, 11) is -3.45. The second-order valence-electron chi connectivity index (χ2n) is 4.29. The Balaban J connectivity index is 2.73. The van der Waals surface area contributed by atoms with Crippen LogP contribution < -0.4 is 10.5 Å². The van der Waals surface area contributed by atoms with Crippen molar-refractivity contribution < 1.29 is 8.42 Å². The molecule has 17 heavy (non-hydrogen) atoms. The Kier molecular flexibility index (Phi) is 4.84. The van der Waals surface area contributed by atoms with Crippen molar-refractivity contribution in [3.8, 4) is 0 Å². The van der Waals surface area contributed by atoms with E-state index in [9.17, 15) is 8.42 Å². The van der Waals surface area contributed by atoms with Gasteiger partial charge in [0.05, 0.1) is 5.25 Å². The van der Waals surface area contributed by atoms with Gasteiger partial charge in [0.2, 0.25) is 15.2 Å². The van der Waals surface area contributed by atoms with Crippen molar-refractivity contribution in [3.05, 3.63) is 5.01 Å². The summed E-state index contributed by atoms with van der Waals surface area (Å²) in [5.41, 5.74) is 5.33. The molecule has 1 aromatic rings. The van der Waals surface area contributed by atoms with E-state index in [4.69, 9.17) is 5.73 Å². The molecular weight excluding hydrogens is 260 g/mol. The minimum Gasteiger partial charge on any atom is -0.329 e. The predicted molar refractivity (Wildman–Crippen MR) is 69.5 cm³/mol. The van der Waals surface area contributed by atoms with Gasteiger partial charge in [-0.05, 0) is 12.8 Å². The molecule has 0 fully saturated rings. The first-order valence-corrected chi connectivity index (χ1v) is 7.75. The number of nitrogens with one attached hydrogen (secondary N) is 1. The minimum absolute atomic E-state index is 0.0764. The standard InChI is InChI=1S/C9H18N4O2S2/c1-6(2)4-8-11-12-9(16-8)13-17(14,15)7(3)5-10/h6-7H,4-5,10H2,1-3H3,(H,12,13). The van der Waals surface area contributed by atoms with Crippen molar-refractivity contribution in [2.24, 2.45) is 11.7 Å². The van der Waals surface area contributed by atoms with E-state index in [2.05, 4.69) is 28.8 Å². The summed E-state index contributed by atoms with van der Waals surface area (Å²) in [6, 6.07) is 0. The molecule has 0 saturated heterocycles. The normalized spacial score (nSPS) is 13.9. The average Bonchev–Trinajstić information content (AvgIpc) is 2.62. The first-order chi connectivity index (χ1) is 7.85. The van der Waals surface area contributed by atoms with Gasteiger partial charge in [-0.2, -0.15) is 0 Å². The van der Waals surface area contributed by atoms with Gasteiger partial charge in [0.1, 0.15) is 5.01 Å². The molecule has 1 heterocycles. The molecule has 0 spiro atoms. The minimum atomic E-state index is -3.45. The lowest BCUT2D eigenvalue weighted by molar-refractivity contribution is 0.589. The molecule has 3 N–H and O–H groups in total. The van der Waals surface area contributed by atoms with Crippen molar-refractivity contribution in [1.82, 2.24) is 10.2 Å². The van der Waals surface area contributed by atoms with Crippen LogP contribution in [0.5, 0.6) is 0 Å². The Morgan fingerprint density at radius 3 is 2.53 bits per heavy atom. The summed E-state index contributed by atoms with van der Waals surface area (Å²) < 4.78 is 25.8. The fraction of sp³-hybridized carbons (Fsp3) is 0.778. The Bertz CT molecular complexity index is 455. The monoisotopic (exact) mass is 278 g/mol. The van der Waals surface area contributed by atoms with Crippen molar-refractivity contribution in [3.63, 3.8) is 0 Å². The first-order valence-electron chi connectivity index (χ1n) is 5.39. The third kappa shape index (κ3) is 4.21. The maximum absolute atomic E-state index is 11.7. The van der Waals surface area contributed by atoms with Crippen molar-refractivity contribution in [2.75, 3.05) is 11.3 Å². The van der Waals surface area contributed by atoms with Crippen LogP contribution in [-0.4, -0.2) is 30.4 Å². The Morgan fingerprint density at radius 1 is 1.35 bits per heavy atom. The van der Waals surface area contributed by atoms with E-state index in [-0.39, 0.29) is 6.54 Å². The molecule has 0 saturated carbocycles. The van der Waals surface area contributed by atoms with Crippen LogP contribution in [0.4, 0.5) is 5.13 Å². The Morgan fingerprint density at radius 2 is 2.00 bits per heavy atom. The highest BCUT2D eigenvalue weighted by molar-refractivity contribution is 7.93. The number of hydrogen-bond donors (Lipinski definition) is 2. The Hall–Kier alpha value is -0.730. The van der Waals surface area contributed by atoms with E-state index in [0.717, 1.165) is 11.4 Å². The molecule has 1 unspecified atom stereocenters. The molecule has 1 aromatic heterocycles. The lowest BCUT2D eigenvalue weighted by Crippen LogP contribution is -2.31. The van der Waals surface area contributed by atoms with Crippen LogP contribution in [0, 0.1) is 5.92 Å². The van der Waals surface area contributed by atoms with Crippen LogP contribution in [0.1, 0.15) is 25.8 Å². The lowest BCUT2D eigenvalue weighted by atomic mass is 10.1. The maximum atomic E-state index is 11.7. The van der Waals surface area contributed by atoms with E-state index in [1.165, 1.54) is 11.3 Å². The summed E-state index contributed by atoms with van der Waals surface area (Å²) in [6.45, 7) is 5.77. The molecule has 0 amide bonds. The second-order valence-corrected chi connectivity index (χ2v) is 7.45. The SMILES string of the molecule is CC(C)Cc1nnc(NS(=O)(=O)C(C)CN)s1. The number of anilines is 1. The maximum Gasteiger partial charge on any atom is 0.238 e. The van der Waals surface area contributed by atoms with Gasteiger partial charge in [0.15, 0.2) is 0 Å². The van der Waals surface area contributed by atoms with Gasteiger partial charge >= 0.3 is 0 Å². The molecule has 0 radical (unpaired) electrons. The first kappa shape index (κ1) is 14.3. The van der Waals surface area contributed by atoms with Gasteiger partial charge in [0.25, 0.3) is 0 Å². The fourth-order valence-corrected chi connectivity index (χ4v) is 3.13. The predicted octanol–water partition coefficient (Wildman–Crippen LogP) is 0.825. The molecule has 6 nitrogen and oxygen atoms in total. The largest absolute Gasteiger partial charge is 0.329 e. The second kappa shape index (κ2) is 5.74. The number of nitrogens with two attached hydrogens (primary N) is 1. The molecule has 0 bridgehead atoms. The summed E-state index contributed by atoms with van der Waals surface area (Å²) in [5, 5.41) is 8.24. The van der Waals surface area contributed by atoms with Gasteiger partial charge in [0, 0.05) is 13.0 Å². The van der Waals surface area contributed by atoms with Crippen molar-refractivity contribution >= 4 is 26.5 Å². The van der Waals surface area contributed by atoms with Crippen LogP contribution in [0.25, 0.3) is 0 Å². The third-order valence-corrected chi connectivity index (χ3v) is 4.86. The molecular formula is C9H18N4O2S2. The Labute approximate surface area is 106 Å². The van der Waals surface area contributed by atoms with E-state index in [0.29, 0.717) is 11.0 Å². The zero-order chi connectivity index (χ0) is 13.1. The summed E-state index contributed by atoms with van der Waals surface area (Å²) in [6.07, 6.45) is 0.797. The van der Waals surface area contributed by atoms with E-state index >= 15 is 0 Å². The van der Waals surface area contributed by atoms with E-state index in [1.807, 2.05) is 0 Å².